The number of benzene rings is 1. The van der Waals surface area contributed by atoms with Gasteiger partial charge in [-0.1, -0.05) is 12.1 Å². The number of esters is 1. The Bertz CT molecular complexity index is 636. The topological polar surface area (TPSA) is 63.6 Å². The first kappa shape index (κ1) is 14.9. The third kappa shape index (κ3) is 3.53. The number of ether oxygens (including phenoxy) is 1. The summed E-state index contributed by atoms with van der Waals surface area (Å²) in [6, 6.07) is 8.23. The standard InChI is InChI=1S/C14H11BrO4S/c15-11-4-5-20-13(11)12(17)8-19-14(18)10-3-1-2-9(6-10)7-16/h1-6,16H,7-8H2. The summed E-state index contributed by atoms with van der Waals surface area (Å²) in [5.74, 6) is -0.833. The van der Waals surface area contributed by atoms with Gasteiger partial charge in [0.2, 0.25) is 5.78 Å². The molecule has 0 aliphatic rings. The minimum absolute atomic E-state index is 0.151. The van der Waals surface area contributed by atoms with Gasteiger partial charge in [0.15, 0.2) is 6.61 Å². The Kier molecular flexibility index (Phi) is 5.05. The summed E-state index contributed by atoms with van der Waals surface area (Å²) in [7, 11) is 0. The highest BCUT2D eigenvalue weighted by Gasteiger charge is 2.15. The number of ketones is 1. The fourth-order valence-electron chi connectivity index (χ4n) is 1.57. The van der Waals surface area contributed by atoms with E-state index in [1.165, 1.54) is 17.4 Å². The lowest BCUT2D eigenvalue weighted by molar-refractivity contribution is 0.0475. The van der Waals surface area contributed by atoms with Crippen LogP contribution in [0.15, 0.2) is 40.2 Å². The predicted molar refractivity (Wildman–Crippen MR) is 79.0 cm³/mol. The fraction of sp³-hybridized carbons (Fsp3) is 0.143. The number of hydrogen-bond acceptors (Lipinski definition) is 5. The molecule has 20 heavy (non-hydrogen) atoms. The Morgan fingerprint density at radius 2 is 2.10 bits per heavy atom. The van der Waals surface area contributed by atoms with E-state index >= 15 is 0 Å². The number of carbonyl (C=O) groups excluding carboxylic acids is 2. The van der Waals surface area contributed by atoms with Crippen LogP contribution in [-0.4, -0.2) is 23.5 Å². The molecule has 4 nitrogen and oxygen atoms in total. The Balaban J connectivity index is 1.98. The quantitative estimate of drug-likeness (QED) is 0.662. The molecule has 1 N–H and O–H groups in total. The average molecular weight is 355 g/mol. The van der Waals surface area contributed by atoms with Gasteiger partial charge in [-0.3, -0.25) is 4.79 Å². The number of halogens is 1. The van der Waals surface area contributed by atoms with E-state index in [-0.39, 0.29) is 19.0 Å². The van der Waals surface area contributed by atoms with Crippen LogP contribution in [0.2, 0.25) is 0 Å². The summed E-state index contributed by atoms with van der Waals surface area (Å²) in [5, 5.41) is 10.8. The highest BCUT2D eigenvalue weighted by Crippen LogP contribution is 2.23. The molecule has 0 atom stereocenters. The summed E-state index contributed by atoms with van der Waals surface area (Å²) >= 11 is 4.55. The molecule has 6 heteroatoms. The number of aliphatic hydroxyl groups excluding tert-OH is 1. The maximum Gasteiger partial charge on any atom is 0.338 e. The van der Waals surface area contributed by atoms with Crippen molar-refractivity contribution in [3.05, 3.63) is 56.2 Å². The highest BCUT2D eigenvalue weighted by atomic mass is 79.9. The van der Waals surface area contributed by atoms with Crippen LogP contribution in [0.4, 0.5) is 0 Å². The second-order valence-electron chi connectivity index (χ2n) is 3.96. The highest BCUT2D eigenvalue weighted by molar-refractivity contribution is 9.10. The van der Waals surface area contributed by atoms with Crippen LogP contribution in [0, 0.1) is 0 Å². The van der Waals surface area contributed by atoms with Crippen LogP contribution in [0.25, 0.3) is 0 Å². The fourth-order valence-corrected chi connectivity index (χ4v) is 3.09. The lowest BCUT2D eigenvalue weighted by Crippen LogP contribution is -2.13. The van der Waals surface area contributed by atoms with Crippen molar-refractivity contribution in [1.29, 1.82) is 0 Å². The maximum absolute atomic E-state index is 11.8. The molecular formula is C14H11BrO4S. The summed E-state index contributed by atoms with van der Waals surface area (Å²) in [6.45, 7) is -0.455. The van der Waals surface area contributed by atoms with Crippen molar-refractivity contribution in [2.24, 2.45) is 0 Å². The van der Waals surface area contributed by atoms with Gasteiger partial charge in [0, 0.05) is 4.47 Å². The van der Waals surface area contributed by atoms with Gasteiger partial charge in [0.25, 0.3) is 0 Å². The van der Waals surface area contributed by atoms with Crippen LogP contribution in [0.1, 0.15) is 25.6 Å². The van der Waals surface area contributed by atoms with E-state index in [0.29, 0.717) is 20.5 Å². The number of rotatable bonds is 5. The van der Waals surface area contributed by atoms with Gasteiger partial charge < -0.3 is 9.84 Å². The molecule has 0 unspecified atom stereocenters. The van der Waals surface area contributed by atoms with Gasteiger partial charge in [-0.2, -0.15) is 0 Å². The van der Waals surface area contributed by atoms with Crippen LogP contribution >= 0.6 is 27.3 Å². The van der Waals surface area contributed by atoms with Crippen LogP contribution in [-0.2, 0) is 11.3 Å². The number of thiophene rings is 1. The summed E-state index contributed by atoms with van der Waals surface area (Å²) in [5.41, 5.74) is 0.932. The normalized spacial score (nSPS) is 10.3. The zero-order valence-electron chi connectivity index (χ0n) is 10.3. The molecular weight excluding hydrogens is 344 g/mol. The van der Waals surface area contributed by atoms with E-state index in [9.17, 15) is 9.59 Å². The Hall–Kier alpha value is -1.50. The number of carbonyl (C=O) groups is 2. The number of aliphatic hydroxyl groups is 1. The zero-order chi connectivity index (χ0) is 14.5. The molecule has 0 amide bonds. The minimum Gasteiger partial charge on any atom is -0.454 e. The lowest BCUT2D eigenvalue weighted by atomic mass is 10.1. The van der Waals surface area contributed by atoms with Crippen molar-refractivity contribution >= 4 is 39.0 Å². The third-order valence-electron chi connectivity index (χ3n) is 2.55. The second-order valence-corrected chi connectivity index (χ2v) is 5.73. The first-order valence-electron chi connectivity index (χ1n) is 5.75. The molecule has 2 aromatic rings. The van der Waals surface area contributed by atoms with Crippen molar-refractivity contribution < 1.29 is 19.4 Å². The predicted octanol–water partition coefficient (Wildman–Crippen LogP) is 3.04. The summed E-state index contributed by atoms with van der Waals surface area (Å²) in [6.07, 6.45) is 0. The first-order chi connectivity index (χ1) is 9.61. The first-order valence-corrected chi connectivity index (χ1v) is 7.42. The zero-order valence-corrected chi connectivity index (χ0v) is 12.7. The van der Waals surface area contributed by atoms with E-state index < -0.39 is 5.97 Å². The molecule has 0 aliphatic carbocycles. The Labute approximate surface area is 128 Å². The average Bonchev–Trinajstić information content (AvgIpc) is 2.90. The van der Waals surface area contributed by atoms with Crippen molar-refractivity contribution in [2.45, 2.75) is 6.61 Å². The SMILES string of the molecule is O=C(OCC(=O)c1sccc1Br)c1cccc(CO)c1. The third-order valence-corrected chi connectivity index (χ3v) is 4.43. The molecule has 0 aliphatic heterocycles. The van der Waals surface area contributed by atoms with E-state index in [1.54, 1.807) is 29.6 Å². The molecule has 0 saturated heterocycles. The summed E-state index contributed by atoms with van der Waals surface area (Å²) < 4.78 is 5.68. The van der Waals surface area contributed by atoms with Gasteiger partial charge in [0.1, 0.15) is 0 Å². The molecule has 0 bridgehead atoms. The number of Topliss-reactive ketones (excluding diaryl/α,β-unsaturated/α-hetero) is 1. The number of hydrogen-bond donors (Lipinski definition) is 1. The van der Waals surface area contributed by atoms with E-state index in [0.717, 1.165) is 0 Å². The second kappa shape index (κ2) is 6.78. The molecule has 1 heterocycles. The molecule has 0 saturated carbocycles. The van der Waals surface area contributed by atoms with Crippen LogP contribution in [0.3, 0.4) is 0 Å². The molecule has 1 aromatic carbocycles. The monoisotopic (exact) mass is 354 g/mol. The Morgan fingerprint density at radius 1 is 1.30 bits per heavy atom. The van der Waals surface area contributed by atoms with Crippen molar-refractivity contribution in [3.8, 4) is 0 Å². The van der Waals surface area contributed by atoms with E-state index in [1.807, 2.05) is 0 Å². The molecule has 0 radical (unpaired) electrons. The van der Waals surface area contributed by atoms with E-state index in [4.69, 9.17) is 9.84 Å². The van der Waals surface area contributed by atoms with Gasteiger partial charge >= 0.3 is 5.97 Å². The maximum atomic E-state index is 11.8. The van der Waals surface area contributed by atoms with Crippen LogP contribution < -0.4 is 0 Å². The smallest absolute Gasteiger partial charge is 0.338 e. The van der Waals surface area contributed by atoms with E-state index in [2.05, 4.69) is 15.9 Å². The molecule has 0 spiro atoms. The van der Waals surface area contributed by atoms with Gasteiger partial charge in [-0.05, 0) is 45.1 Å². The lowest BCUT2D eigenvalue weighted by Gasteiger charge is -2.05. The van der Waals surface area contributed by atoms with Crippen molar-refractivity contribution in [1.82, 2.24) is 0 Å². The minimum atomic E-state index is -0.582. The largest absolute Gasteiger partial charge is 0.454 e. The molecule has 104 valence electrons. The Morgan fingerprint density at radius 3 is 2.75 bits per heavy atom. The van der Waals surface area contributed by atoms with Crippen LogP contribution in [0.5, 0.6) is 0 Å². The summed E-state index contributed by atoms with van der Waals surface area (Å²) in [4.78, 5) is 24.2. The van der Waals surface area contributed by atoms with Gasteiger partial charge in [0.05, 0.1) is 17.0 Å². The molecule has 0 fully saturated rings. The molecule has 1 aromatic heterocycles. The van der Waals surface area contributed by atoms with Crippen molar-refractivity contribution in [3.63, 3.8) is 0 Å². The van der Waals surface area contributed by atoms with Crippen molar-refractivity contribution in [2.75, 3.05) is 6.61 Å². The molecule has 2 rings (SSSR count). The van der Waals surface area contributed by atoms with Gasteiger partial charge in [-0.25, -0.2) is 4.79 Å². The van der Waals surface area contributed by atoms with Gasteiger partial charge in [-0.15, -0.1) is 11.3 Å².